The highest BCUT2D eigenvalue weighted by atomic mass is 19.4. The molecule has 0 aromatic carbocycles. The highest BCUT2D eigenvalue weighted by Gasteiger charge is 2.36. The van der Waals surface area contributed by atoms with Gasteiger partial charge in [0.15, 0.2) is 23.1 Å². The maximum Gasteiger partial charge on any atom is 0.436 e. The molecular weight excluding hydrogens is 328 g/mol. The molecule has 0 atom stereocenters. The van der Waals surface area contributed by atoms with Crippen molar-refractivity contribution in [2.24, 2.45) is 0 Å². The first-order valence-electron chi connectivity index (χ1n) is 7.21. The number of alkyl halides is 3. The van der Waals surface area contributed by atoms with Gasteiger partial charge in [-0.05, 0) is 0 Å². The molecular formula is C14H14F4N6. The lowest BCUT2D eigenvalue weighted by Gasteiger charge is -2.29. The molecule has 1 saturated heterocycles. The van der Waals surface area contributed by atoms with Crippen molar-refractivity contribution in [2.75, 3.05) is 36.4 Å². The minimum Gasteiger partial charge on any atom is -0.351 e. The van der Waals surface area contributed by atoms with Crippen molar-refractivity contribution >= 4 is 17.3 Å². The number of nitrogens with zero attached hydrogens (tertiary/aromatic N) is 4. The summed E-state index contributed by atoms with van der Waals surface area (Å²) in [5, 5.41) is 5.99. The SMILES string of the molecule is Fc1cc(Nc2nccnc2N2CCNCC2)cnc1C(F)(F)F. The fraction of sp³-hybridized carbons (Fsp3) is 0.357. The van der Waals surface area contributed by atoms with Crippen LogP contribution in [0.15, 0.2) is 24.7 Å². The second-order valence-corrected chi connectivity index (χ2v) is 5.14. The van der Waals surface area contributed by atoms with Gasteiger partial charge < -0.3 is 15.5 Å². The summed E-state index contributed by atoms with van der Waals surface area (Å²) in [5.74, 6) is -0.556. The Kier molecular flexibility index (Phi) is 4.47. The third kappa shape index (κ3) is 3.53. The summed E-state index contributed by atoms with van der Waals surface area (Å²) in [4.78, 5) is 13.5. The van der Waals surface area contributed by atoms with Crippen LogP contribution in [-0.2, 0) is 6.18 Å². The third-order valence-electron chi connectivity index (χ3n) is 3.47. The molecule has 0 radical (unpaired) electrons. The van der Waals surface area contributed by atoms with Crippen molar-refractivity contribution in [1.29, 1.82) is 0 Å². The van der Waals surface area contributed by atoms with E-state index in [9.17, 15) is 17.6 Å². The Labute approximate surface area is 134 Å². The molecule has 24 heavy (non-hydrogen) atoms. The Bertz CT molecular complexity index is 715. The van der Waals surface area contributed by atoms with E-state index in [4.69, 9.17) is 0 Å². The number of nitrogens with one attached hydrogen (secondary N) is 2. The van der Waals surface area contributed by atoms with Gasteiger partial charge in [-0.1, -0.05) is 0 Å². The zero-order valence-electron chi connectivity index (χ0n) is 12.4. The predicted molar refractivity (Wildman–Crippen MR) is 79.6 cm³/mol. The molecule has 3 heterocycles. The van der Waals surface area contributed by atoms with E-state index in [0.717, 1.165) is 25.4 Å². The Balaban J connectivity index is 1.85. The number of piperazine rings is 1. The summed E-state index contributed by atoms with van der Waals surface area (Å²) in [6, 6.07) is 0.742. The summed E-state index contributed by atoms with van der Waals surface area (Å²) in [6.45, 7) is 3.00. The lowest BCUT2D eigenvalue weighted by Crippen LogP contribution is -2.44. The second kappa shape index (κ2) is 6.56. The molecule has 1 aliphatic rings. The molecule has 1 aliphatic heterocycles. The molecule has 0 bridgehead atoms. The van der Waals surface area contributed by atoms with E-state index < -0.39 is 17.7 Å². The summed E-state index contributed by atoms with van der Waals surface area (Å²) >= 11 is 0. The topological polar surface area (TPSA) is 66.0 Å². The van der Waals surface area contributed by atoms with E-state index in [0.29, 0.717) is 24.7 Å². The van der Waals surface area contributed by atoms with Crippen LogP contribution in [-0.4, -0.2) is 41.1 Å². The summed E-state index contributed by atoms with van der Waals surface area (Å²) in [6.07, 6.45) is -0.945. The molecule has 2 aromatic rings. The molecule has 3 rings (SSSR count). The van der Waals surface area contributed by atoms with Crippen LogP contribution in [0.2, 0.25) is 0 Å². The first kappa shape index (κ1) is 16.4. The van der Waals surface area contributed by atoms with E-state index >= 15 is 0 Å². The van der Waals surface area contributed by atoms with Crippen molar-refractivity contribution < 1.29 is 17.6 Å². The monoisotopic (exact) mass is 342 g/mol. The molecule has 0 aliphatic carbocycles. The average molecular weight is 342 g/mol. The number of hydrogen-bond donors (Lipinski definition) is 2. The minimum atomic E-state index is -4.83. The largest absolute Gasteiger partial charge is 0.436 e. The number of anilines is 3. The van der Waals surface area contributed by atoms with Gasteiger partial charge in [0.1, 0.15) is 0 Å². The van der Waals surface area contributed by atoms with Crippen LogP contribution >= 0.6 is 0 Å². The van der Waals surface area contributed by atoms with E-state index in [1.165, 1.54) is 12.4 Å². The second-order valence-electron chi connectivity index (χ2n) is 5.14. The van der Waals surface area contributed by atoms with Crippen LogP contribution < -0.4 is 15.5 Å². The number of pyridine rings is 1. The van der Waals surface area contributed by atoms with Gasteiger partial charge in [0, 0.05) is 44.6 Å². The Morgan fingerprint density at radius 3 is 2.46 bits per heavy atom. The maximum absolute atomic E-state index is 13.6. The van der Waals surface area contributed by atoms with Gasteiger partial charge >= 0.3 is 6.18 Å². The van der Waals surface area contributed by atoms with Gasteiger partial charge in [-0.15, -0.1) is 0 Å². The van der Waals surface area contributed by atoms with E-state index in [2.05, 4.69) is 25.6 Å². The fourth-order valence-electron chi connectivity index (χ4n) is 2.38. The van der Waals surface area contributed by atoms with Gasteiger partial charge in [-0.25, -0.2) is 19.3 Å². The van der Waals surface area contributed by atoms with Gasteiger partial charge in [0.25, 0.3) is 0 Å². The Morgan fingerprint density at radius 1 is 1.08 bits per heavy atom. The molecule has 128 valence electrons. The van der Waals surface area contributed by atoms with Gasteiger partial charge in [0.2, 0.25) is 0 Å². The number of rotatable bonds is 3. The molecule has 2 aromatic heterocycles. The first-order valence-corrected chi connectivity index (χ1v) is 7.21. The number of hydrogen-bond acceptors (Lipinski definition) is 6. The summed E-state index contributed by atoms with van der Waals surface area (Å²) in [7, 11) is 0. The van der Waals surface area contributed by atoms with Crippen LogP contribution in [0.4, 0.5) is 34.9 Å². The van der Waals surface area contributed by atoms with Crippen LogP contribution in [0, 0.1) is 5.82 Å². The van der Waals surface area contributed by atoms with Crippen LogP contribution in [0.25, 0.3) is 0 Å². The maximum atomic E-state index is 13.6. The zero-order chi connectivity index (χ0) is 17.2. The zero-order valence-corrected chi connectivity index (χ0v) is 12.4. The third-order valence-corrected chi connectivity index (χ3v) is 3.47. The molecule has 0 saturated carbocycles. The smallest absolute Gasteiger partial charge is 0.351 e. The van der Waals surface area contributed by atoms with Crippen LogP contribution in [0.1, 0.15) is 5.69 Å². The number of halogens is 4. The summed E-state index contributed by atoms with van der Waals surface area (Å²) in [5.41, 5.74) is -1.48. The van der Waals surface area contributed by atoms with Crippen molar-refractivity contribution in [3.63, 3.8) is 0 Å². The molecule has 0 unspecified atom stereocenters. The predicted octanol–water partition coefficient (Wildman–Crippen LogP) is 2.18. The average Bonchev–Trinajstić information content (AvgIpc) is 2.55. The van der Waals surface area contributed by atoms with Gasteiger partial charge in [-0.2, -0.15) is 13.2 Å². The fourth-order valence-corrected chi connectivity index (χ4v) is 2.38. The van der Waals surface area contributed by atoms with Crippen LogP contribution in [0.3, 0.4) is 0 Å². The van der Waals surface area contributed by atoms with Crippen molar-refractivity contribution in [3.05, 3.63) is 36.2 Å². The minimum absolute atomic E-state index is 0.0670. The van der Waals surface area contributed by atoms with Crippen molar-refractivity contribution in [1.82, 2.24) is 20.3 Å². The van der Waals surface area contributed by atoms with Gasteiger partial charge in [0.05, 0.1) is 11.9 Å². The van der Waals surface area contributed by atoms with Gasteiger partial charge in [-0.3, -0.25) is 0 Å². The molecule has 1 fully saturated rings. The van der Waals surface area contributed by atoms with E-state index in [-0.39, 0.29) is 5.69 Å². The lowest BCUT2D eigenvalue weighted by atomic mass is 10.3. The highest BCUT2D eigenvalue weighted by molar-refractivity contribution is 5.68. The first-order chi connectivity index (χ1) is 11.4. The number of aromatic nitrogens is 3. The summed E-state index contributed by atoms with van der Waals surface area (Å²) < 4.78 is 51.3. The lowest BCUT2D eigenvalue weighted by molar-refractivity contribution is -0.143. The standard InChI is InChI=1S/C14H14F4N6/c15-10-7-9(8-22-11(10)14(16,17)18)23-12-13(21-2-1-20-12)24-5-3-19-4-6-24/h1-2,7-8,19H,3-6H2,(H,20,23). The van der Waals surface area contributed by atoms with E-state index in [1.807, 2.05) is 4.90 Å². The van der Waals surface area contributed by atoms with E-state index in [1.54, 1.807) is 0 Å². The Hall–Kier alpha value is -2.49. The Morgan fingerprint density at radius 2 is 1.79 bits per heavy atom. The molecule has 0 amide bonds. The van der Waals surface area contributed by atoms with Crippen molar-refractivity contribution in [2.45, 2.75) is 6.18 Å². The van der Waals surface area contributed by atoms with Crippen LogP contribution in [0.5, 0.6) is 0 Å². The normalized spacial score (nSPS) is 15.4. The molecule has 2 N–H and O–H groups in total. The molecule has 10 heteroatoms. The quantitative estimate of drug-likeness (QED) is 0.834. The molecule has 0 spiro atoms. The van der Waals surface area contributed by atoms with Crippen molar-refractivity contribution in [3.8, 4) is 0 Å². The molecule has 6 nitrogen and oxygen atoms in total. The highest BCUT2D eigenvalue weighted by Crippen LogP contribution is 2.31.